The van der Waals surface area contributed by atoms with E-state index in [9.17, 15) is 4.79 Å². The first kappa shape index (κ1) is 9.95. The minimum Gasteiger partial charge on any atom is -0.464 e. The van der Waals surface area contributed by atoms with E-state index in [-0.39, 0.29) is 5.91 Å². The summed E-state index contributed by atoms with van der Waals surface area (Å²) in [6.07, 6.45) is 3.97. The average Bonchev–Trinajstić information content (AvgIpc) is 2.98. The summed E-state index contributed by atoms with van der Waals surface area (Å²) in [5.74, 6) is 0.997. The van der Waals surface area contributed by atoms with Crippen LogP contribution in [0, 0.1) is 0 Å². The van der Waals surface area contributed by atoms with Gasteiger partial charge in [-0.3, -0.25) is 4.79 Å². The molecule has 1 amide bonds. The summed E-state index contributed by atoms with van der Waals surface area (Å²) in [7, 11) is 0. The standard InChI is InChI=1S/C15H13NO2/c17-15-13-8-10(14-2-1-7-18-14)3-4-11(13)9-16(15)12-5-6-12/h1-4,7-8,12H,5-6,9H2. The fourth-order valence-corrected chi connectivity index (χ4v) is 2.60. The van der Waals surface area contributed by atoms with Crippen molar-refractivity contribution >= 4 is 5.91 Å². The summed E-state index contributed by atoms with van der Waals surface area (Å²) in [5, 5.41) is 0. The Morgan fingerprint density at radius 2 is 2.11 bits per heavy atom. The lowest BCUT2D eigenvalue weighted by molar-refractivity contribution is 0.0766. The summed E-state index contributed by atoms with van der Waals surface area (Å²) < 4.78 is 5.38. The monoisotopic (exact) mass is 239 g/mol. The van der Waals surface area contributed by atoms with Crippen LogP contribution < -0.4 is 0 Å². The first-order chi connectivity index (χ1) is 8.83. The SMILES string of the molecule is O=C1c2cc(-c3ccco3)ccc2CN1C1CC1. The van der Waals surface area contributed by atoms with Crippen LogP contribution in [-0.2, 0) is 6.54 Å². The molecule has 0 bridgehead atoms. The number of rotatable bonds is 2. The molecule has 0 unspecified atom stereocenters. The van der Waals surface area contributed by atoms with Gasteiger partial charge in [-0.25, -0.2) is 0 Å². The van der Waals surface area contributed by atoms with Crippen molar-refractivity contribution in [3.63, 3.8) is 0 Å². The van der Waals surface area contributed by atoms with E-state index in [0.29, 0.717) is 6.04 Å². The van der Waals surface area contributed by atoms with Gasteiger partial charge in [-0.2, -0.15) is 0 Å². The van der Waals surface area contributed by atoms with E-state index in [4.69, 9.17) is 4.42 Å². The second-order valence-corrected chi connectivity index (χ2v) is 5.01. The maximum absolute atomic E-state index is 12.3. The Balaban J connectivity index is 1.75. The average molecular weight is 239 g/mol. The molecule has 2 aromatic rings. The maximum Gasteiger partial charge on any atom is 0.254 e. The first-order valence-corrected chi connectivity index (χ1v) is 6.31. The molecule has 1 aliphatic heterocycles. The number of benzene rings is 1. The Hall–Kier alpha value is -2.03. The molecule has 90 valence electrons. The van der Waals surface area contributed by atoms with Crippen molar-refractivity contribution in [1.82, 2.24) is 4.90 Å². The van der Waals surface area contributed by atoms with E-state index >= 15 is 0 Å². The lowest BCUT2D eigenvalue weighted by Crippen LogP contribution is -2.25. The Labute approximate surface area is 105 Å². The Morgan fingerprint density at radius 1 is 1.22 bits per heavy atom. The molecule has 4 rings (SSSR count). The number of carbonyl (C=O) groups excluding carboxylic acids is 1. The Morgan fingerprint density at radius 3 is 2.83 bits per heavy atom. The number of furan rings is 1. The van der Waals surface area contributed by atoms with Crippen molar-refractivity contribution in [2.24, 2.45) is 0 Å². The zero-order valence-corrected chi connectivity index (χ0v) is 9.93. The number of fused-ring (bicyclic) bond motifs is 1. The zero-order chi connectivity index (χ0) is 12.1. The van der Waals surface area contributed by atoms with Gasteiger partial charge in [0.1, 0.15) is 5.76 Å². The molecule has 0 N–H and O–H groups in total. The second kappa shape index (κ2) is 3.48. The predicted octanol–water partition coefficient (Wildman–Crippen LogP) is 3.06. The quantitative estimate of drug-likeness (QED) is 0.807. The maximum atomic E-state index is 12.3. The summed E-state index contributed by atoms with van der Waals surface area (Å²) in [6, 6.07) is 10.3. The van der Waals surface area contributed by atoms with Crippen molar-refractivity contribution in [2.45, 2.75) is 25.4 Å². The molecule has 2 aliphatic rings. The van der Waals surface area contributed by atoms with Gasteiger partial charge in [-0.15, -0.1) is 0 Å². The predicted molar refractivity (Wildman–Crippen MR) is 67.0 cm³/mol. The Kier molecular flexibility index (Phi) is 1.92. The number of carbonyl (C=O) groups is 1. The van der Waals surface area contributed by atoms with Gasteiger partial charge in [0, 0.05) is 23.7 Å². The molecular formula is C15H13NO2. The van der Waals surface area contributed by atoms with Gasteiger partial charge in [-0.05, 0) is 36.6 Å². The van der Waals surface area contributed by atoms with Gasteiger partial charge >= 0.3 is 0 Å². The third-order valence-corrected chi connectivity index (χ3v) is 3.74. The zero-order valence-electron chi connectivity index (χ0n) is 9.93. The number of hydrogen-bond donors (Lipinski definition) is 0. The fraction of sp³-hybridized carbons (Fsp3) is 0.267. The van der Waals surface area contributed by atoms with Crippen molar-refractivity contribution < 1.29 is 9.21 Å². The van der Waals surface area contributed by atoms with Crippen molar-refractivity contribution in [3.8, 4) is 11.3 Å². The highest BCUT2D eigenvalue weighted by Gasteiger charge is 2.38. The highest BCUT2D eigenvalue weighted by atomic mass is 16.3. The van der Waals surface area contributed by atoms with E-state index < -0.39 is 0 Å². The molecule has 1 aromatic carbocycles. The second-order valence-electron chi connectivity index (χ2n) is 5.01. The van der Waals surface area contributed by atoms with E-state index in [1.54, 1.807) is 6.26 Å². The molecule has 1 aliphatic carbocycles. The van der Waals surface area contributed by atoms with Crippen LogP contribution >= 0.6 is 0 Å². The minimum atomic E-state index is 0.181. The molecule has 2 heterocycles. The molecular weight excluding hydrogens is 226 g/mol. The van der Waals surface area contributed by atoms with Crippen LogP contribution in [0.4, 0.5) is 0 Å². The van der Waals surface area contributed by atoms with Crippen LogP contribution in [0.15, 0.2) is 41.0 Å². The molecule has 0 spiro atoms. The minimum absolute atomic E-state index is 0.181. The molecule has 18 heavy (non-hydrogen) atoms. The van der Waals surface area contributed by atoms with Crippen molar-refractivity contribution in [2.75, 3.05) is 0 Å². The van der Waals surface area contributed by atoms with Gasteiger partial charge in [0.05, 0.1) is 6.26 Å². The molecule has 1 saturated carbocycles. The summed E-state index contributed by atoms with van der Waals surface area (Å²) >= 11 is 0. The lowest BCUT2D eigenvalue weighted by Gasteiger charge is -2.13. The Bertz CT molecular complexity index is 611. The third-order valence-electron chi connectivity index (χ3n) is 3.74. The summed E-state index contributed by atoms with van der Waals surface area (Å²) in [4.78, 5) is 14.3. The molecule has 1 aromatic heterocycles. The topological polar surface area (TPSA) is 33.5 Å². The van der Waals surface area contributed by atoms with Crippen LogP contribution in [0.3, 0.4) is 0 Å². The van der Waals surface area contributed by atoms with E-state index in [0.717, 1.165) is 41.8 Å². The molecule has 3 heteroatoms. The van der Waals surface area contributed by atoms with Crippen LogP contribution in [0.25, 0.3) is 11.3 Å². The van der Waals surface area contributed by atoms with Gasteiger partial charge in [0.2, 0.25) is 0 Å². The number of amides is 1. The third kappa shape index (κ3) is 1.40. The normalized spacial score (nSPS) is 18.2. The van der Waals surface area contributed by atoms with Crippen LogP contribution in [0.2, 0.25) is 0 Å². The summed E-state index contributed by atoms with van der Waals surface area (Å²) in [5.41, 5.74) is 2.96. The van der Waals surface area contributed by atoms with E-state index in [2.05, 4.69) is 0 Å². The van der Waals surface area contributed by atoms with Crippen molar-refractivity contribution in [1.29, 1.82) is 0 Å². The lowest BCUT2D eigenvalue weighted by atomic mass is 10.0. The molecule has 1 fully saturated rings. The largest absolute Gasteiger partial charge is 0.464 e. The molecule has 0 saturated heterocycles. The number of hydrogen-bond acceptors (Lipinski definition) is 2. The van der Waals surface area contributed by atoms with E-state index in [1.165, 1.54) is 0 Å². The van der Waals surface area contributed by atoms with E-state index in [1.807, 2.05) is 35.2 Å². The van der Waals surface area contributed by atoms with Crippen LogP contribution in [-0.4, -0.2) is 16.8 Å². The fourth-order valence-electron chi connectivity index (χ4n) is 2.60. The van der Waals surface area contributed by atoms with Crippen molar-refractivity contribution in [3.05, 3.63) is 47.7 Å². The van der Waals surface area contributed by atoms with Crippen LogP contribution in [0.5, 0.6) is 0 Å². The smallest absolute Gasteiger partial charge is 0.254 e. The van der Waals surface area contributed by atoms with Gasteiger partial charge < -0.3 is 9.32 Å². The highest BCUT2D eigenvalue weighted by molar-refractivity contribution is 5.99. The molecule has 0 atom stereocenters. The number of nitrogens with zero attached hydrogens (tertiary/aromatic N) is 1. The van der Waals surface area contributed by atoms with Crippen LogP contribution in [0.1, 0.15) is 28.8 Å². The summed E-state index contributed by atoms with van der Waals surface area (Å²) in [6.45, 7) is 0.775. The molecule has 3 nitrogen and oxygen atoms in total. The first-order valence-electron chi connectivity index (χ1n) is 6.31. The molecule has 0 radical (unpaired) electrons. The highest BCUT2D eigenvalue weighted by Crippen LogP contribution is 2.36. The van der Waals surface area contributed by atoms with Gasteiger partial charge in [0.25, 0.3) is 5.91 Å². The van der Waals surface area contributed by atoms with Gasteiger partial charge in [0.15, 0.2) is 0 Å². The van der Waals surface area contributed by atoms with Gasteiger partial charge in [-0.1, -0.05) is 12.1 Å².